The predicted octanol–water partition coefficient (Wildman–Crippen LogP) is 2.69. The first kappa shape index (κ1) is 16.1. The molecule has 2 saturated heterocycles. The van der Waals surface area contributed by atoms with E-state index in [4.69, 9.17) is 16.3 Å². The summed E-state index contributed by atoms with van der Waals surface area (Å²) in [6, 6.07) is 5.54. The minimum absolute atomic E-state index is 0.0932. The van der Waals surface area contributed by atoms with Gasteiger partial charge in [0.1, 0.15) is 5.92 Å². The minimum Gasteiger partial charge on any atom is -0.438 e. The number of rotatable bonds is 2. The predicted molar refractivity (Wildman–Crippen MR) is 83.9 cm³/mol. The third kappa shape index (κ3) is 2.88. The number of hydrogen-bond donors (Lipinski definition) is 0. The number of halogens is 1. The molecule has 23 heavy (non-hydrogen) atoms. The Labute approximate surface area is 139 Å². The van der Waals surface area contributed by atoms with Crippen molar-refractivity contribution in [3.8, 4) is 0 Å². The molecule has 2 aliphatic heterocycles. The van der Waals surface area contributed by atoms with E-state index in [1.54, 1.807) is 5.01 Å². The van der Waals surface area contributed by atoms with Gasteiger partial charge in [-0.2, -0.15) is 5.01 Å². The molecule has 0 bridgehead atoms. The molecular weight excluding hydrogens is 320 g/mol. The Morgan fingerprint density at radius 2 is 2.04 bits per heavy atom. The molecule has 6 nitrogen and oxygen atoms in total. The number of aryl methyl sites for hydroxylation is 1. The average molecular weight is 339 g/mol. The number of fused-ring (bicyclic) bond motifs is 1. The lowest BCUT2D eigenvalue weighted by Gasteiger charge is -2.34. The van der Waals surface area contributed by atoms with Gasteiger partial charge in [-0.25, -0.2) is 4.79 Å². The van der Waals surface area contributed by atoms with Crippen LogP contribution in [0.4, 0.5) is 4.79 Å². The van der Waals surface area contributed by atoms with Crippen molar-refractivity contribution in [2.45, 2.75) is 31.9 Å². The molecule has 1 amide bonds. The summed E-state index contributed by atoms with van der Waals surface area (Å²) in [4.78, 5) is 24.5. The molecule has 1 aromatic rings. The molecule has 2 unspecified atom stereocenters. The van der Waals surface area contributed by atoms with Crippen LogP contribution in [0.2, 0.25) is 5.02 Å². The number of nitrogens with zero attached hydrogens (tertiary/aromatic N) is 2. The molecule has 124 valence electrons. The summed E-state index contributed by atoms with van der Waals surface area (Å²) in [5.41, 5.74) is 1.68. The lowest BCUT2D eigenvalue weighted by molar-refractivity contribution is -0.150. The lowest BCUT2D eigenvalue weighted by atomic mass is 9.96. The van der Waals surface area contributed by atoms with Gasteiger partial charge in [0.05, 0.1) is 7.11 Å². The molecule has 3 rings (SSSR count). The molecule has 2 atom stereocenters. The topological polar surface area (TPSA) is 59.1 Å². The van der Waals surface area contributed by atoms with Crippen LogP contribution in [0.1, 0.15) is 29.9 Å². The second-order valence-corrected chi connectivity index (χ2v) is 6.20. The molecule has 0 spiro atoms. The van der Waals surface area contributed by atoms with Gasteiger partial charge in [0.2, 0.25) is 5.91 Å². The zero-order valence-electron chi connectivity index (χ0n) is 13.1. The molecule has 0 saturated carbocycles. The van der Waals surface area contributed by atoms with E-state index in [2.05, 4.69) is 4.74 Å². The maximum absolute atomic E-state index is 12.9. The average Bonchev–Trinajstić information content (AvgIpc) is 2.81. The quantitative estimate of drug-likeness (QED) is 0.776. The summed E-state index contributed by atoms with van der Waals surface area (Å²) in [6.45, 7) is 3.22. The lowest BCUT2D eigenvalue weighted by Crippen LogP contribution is -2.48. The van der Waals surface area contributed by atoms with Crippen molar-refractivity contribution in [1.29, 1.82) is 0 Å². The molecule has 0 aromatic heterocycles. The van der Waals surface area contributed by atoms with E-state index in [1.165, 1.54) is 7.11 Å². The van der Waals surface area contributed by atoms with Gasteiger partial charge in [0.15, 0.2) is 6.23 Å². The maximum atomic E-state index is 12.9. The standard InChI is InChI=1S/C16H19ClN2O4/c1-10-5-6-11(12(17)9-10)13-14(20)18-7-3-4-8-19(18)15(13)23-16(21)22-2/h5-6,9,13,15H,3-4,7-8H2,1-2H3. The summed E-state index contributed by atoms with van der Waals surface area (Å²) in [5, 5.41) is 3.98. The highest BCUT2D eigenvalue weighted by atomic mass is 35.5. The number of hydrazine groups is 1. The number of carbonyl (C=O) groups is 2. The Kier molecular flexibility index (Phi) is 4.46. The van der Waals surface area contributed by atoms with Crippen LogP contribution in [0.15, 0.2) is 18.2 Å². The van der Waals surface area contributed by atoms with Crippen LogP contribution < -0.4 is 0 Å². The van der Waals surface area contributed by atoms with E-state index in [0.29, 0.717) is 23.7 Å². The van der Waals surface area contributed by atoms with E-state index in [1.807, 2.05) is 30.1 Å². The van der Waals surface area contributed by atoms with Crippen LogP contribution in [-0.4, -0.2) is 48.5 Å². The molecule has 2 aliphatic rings. The van der Waals surface area contributed by atoms with E-state index < -0.39 is 18.3 Å². The number of benzene rings is 1. The van der Waals surface area contributed by atoms with Crippen LogP contribution in [-0.2, 0) is 14.3 Å². The Bertz CT molecular complexity index is 637. The summed E-state index contributed by atoms with van der Waals surface area (Å²) in [5.74, 6) is -0.732. The largest absolute Gasteiger partial charge is 0.509 e. The Morgan fingerprint density at radius 1 is 1.30 bits per heavy atom. The van der Waals surface area contributed by atoms with Crippen LogP contribution in [0.25, 0.3) is 0 Å². The summed E-state index contributed by atoms with van der Waals surface area (Å²) < 4.78 is 10.0. The third-order valence-corrected chi connectivity index (χ3v) is 4.62. The van der Waals surface area contributed by atoms with E-state index in [0.717, 1.165) is 18.4 Å². The van der Waals surface area contributed by atoms with Gasteiger partial charge in [-0.1, -0.05) is 23.7 Å². The molecule has 2 heterocycles. The molecule has 0 N–H and O–H groups in total. The van der Waals surface area contributed by atoms with Crippen molar-refractivity contribution >= 4 is 23.7 Å². The van der Waals surface area contributed by atoms with Gasteiger partial charge in [-0.3, -0.25) is 9.80 Å². The van der Waals surface area contributed by atoms with Crippen LogP contribution in [0, 0.1) is 6.92 Å². The highest BCUT2D eigenvalue weighted by Crippen LogP contribution is 2.39. The highest BCUT2D eigenvalue weighted by Gasteiger charge is 2.51. The molecule has 1 aromatic carbocycles. The molecule has 2 fully saturated rings. The number of ether oxygens (including phenoxy) is 2. The smallest absolute Gasteiger partial charge is 0.438 e. The van der Waals surface area contributed by atoms with Gasteiger partial charge < -0.3 is 9.47 Å². The summed E-state index contributed by atoms with van der Waals surface area (Å²) in [6.07, 6.45) is 0.347. The van der Waals surface area contributed by atoms with Crippen LogP contribution in [0.3, 0.4) is 0 Å². The van der Waals surface area contributed by atoms with Crippen molar-refractivity contribution in [3.63, 3.8) is 0 Å². The fourth-order valence-corrected chi connectivity index (χ4v) is 3.54. The van der Waals surface area contributed by atoms with E-state index in [-0.39, 0.29) is 5.91 Å². The first-order valence-corrected chi connectivity index (χ1v) is 7.99. The van der Waals surface area contributed by atoms with Crippen molar-refractivity contribution in [3.05, 3.63) is 34.3 Å². The van der Waals surface area contributed by atoms with Crippen molar-refractivity contribution in [2.75, 3.05) is 20.2 Å². The Balaban J connectivity index is 1.99. The third-order valence-electron chi connectivity index (χ3n) is 4.29. The number of carbonyl (C=O) groups excluding carboxylic acids is 2. The minimum atomic E-state index is -0.802. The Morgan fingerprint density at radius 3 is 2.74 bits per heavy atom. The van der Waals surface area contributed by atoms with Gasteiger partial charge in [0.25, 0.3) is 0 Å². The monoisotopic (exact) mass is 338 g/mol. The first-order valence-electron chi connectivity index (χ1n) is 7.61. The highest BCUT2D eigenvalue weighted by molar-refractivity contribution is 6.31. The summed E-state index contributed by atoms with van der Waals surface area (Å²) in [7, 11) is 1.25. The second-order valence-electron chi connectivity index (χ2n) is 5.80. The van der Waals surface area contributed by atoms with Gasteiger partial charge in [0, 0.05) is 18.1 Å². The first-order chi connectivity index (χ1) is 11.0. The normalized spacial score (nSPS) is 24.5. The van der Waals surface area contributed by atoms with Gasteiger partial charge in [-0.05, 0) is 37.0 Å². The maximum Gasteiger partial charge on any atom is 0.509 e. The molecular formula is C16H19ClN2O4. The second kappa shape index (κ2) is 6.37. The molecule has 0 aliphatic carbocycles. The van der Waals surface area contributed by atoms with Crippen molar-refractivity contribution in [2.24, 2.45) is 0 Å². The van der Waals surface area contributed by atoms with Crippen LogP contribution in [0.5, 0.6) is 0 Å². The summed E-state index contributed by atoms with van der Waals surface area (Å²) >= 11 is 6.35. The fraction of sp³-hybridized carbons (Fsp3) is 0.500. The Hall–Kier alpha value is -1.79. The van der Waals surface area contributed by atoms with Crippen molar-refractivity contribution in [1.82, 2.24) is 10.0 Å². The number of methoxy groups -OCH3 is 1. The number of hydrogen-bond acceptors (Lipinski definition) is 5. The zero-order valence-corrected chi connectivity index (χ0v) is 13.9. The zero-order chi connectivity index (χ0) is 16.6. The van der Waals surface area contributed by atoms with Crippen LogP contribution >= 0.6 is 11.6 Å². The SMILES string of the molecule is COC(=O)OC1C(c2ccc(C)cc2Cl)C(=O)N2CCCCN12. The molecule has 0 radical (unpaired) electrons. The fourth-order valence-electron chi connectivity index (χ4n) is 3.19. The molecule has 7 heteroatoms. The van der Waals surface area contributed by atoms with Crippen molar-refractivity contribution < 1.29 is 19.1 Å². The number of amides is 1. The van der Waals surface area contributed by atoms with Gasteiger partial charge in [-0.15, -0.1) is 0 Å². The van der Waals surface area contributed by atoms with Gasteiger partial charge >= 0.3 is 6.16 Å². The van der Waals surface area contributed by atoms with E-state index >= 15 is 0 Å². The van der Waals surface area contributed by atoms with E-state index in [9.17, 15) is 9.59 Å².